The second kappa shape index (κ2) is 7.84. The summed E-state index contributed by atoms with van der Waals surface area (Å²) in [5, 5.41) is 2.33. The average molecular weight is 318 g/mol. The van der Waals surface area contributed by atoms with Crippen molar-refractivity contribution in [2.45, 2.75) is 12.1 Å². The van der Waals surface area contributed by atoms with E-state index in [0.717, 1.165) is 22.4 Å². The van der Waals surface area contributed by atoms with Crippen LogP contribution in [0.1, 0.15) is 16.7 Å². The third-order valence-electron chi connectivity index (χ3n) is 2.91. The molecule has 0 N–H and O–H groups in total. The highest BCUT2D eigenvalue weighted by Gasteiger charge is 2.01. The molecule has 1 atom stereocenters. The van der Waals surface area contributed by atoms with Crippen molar-refractivity contribution in [3.63, 3.8) is 0 Å². The molecule has 0 aliphatic heterocycles. The summed E-state index contributed by atoms with van der Waals surface area (Å²) in [6.07, 6.45) is 4.22. The first-order valence-electron chi connectivity index (χ1n) is 6.40. The highest BCUT2D eigenvalue weighted by molar-refractivity contribution is 7.78. The zero-order chi connectivity index (χ0) is 15.1. The van der Waals surface area contributed by atoms with Crippen LogP contribution in [0, 0.1) is 0 Å². The molecule has 1 nitrogen and oxygen atoms in total. The van der Waals surface area contributed by atoms with Gasteiger partial charge in [0.05, 0.1) is 10.8 Å². The summed E-state index contributed by atoms with van der Waals surface area (Å²) in [7, 11) is 0. The lowest BCUT2D eigenvalue weighted by Gasteiger charge is -2.01. The molecular weight excluding hydrogens is 305 g/mol. The van der Waals surface area contributed by atoms with Crippen LogP contribution in [0.4, 0.5) is 10.1 Å². The molecule has 2 rings (SSSR count). The Morgan fingerprint density at radius 1 is 1.05 bits per heavy atom. The molecular formula is C17H13ClFNS. The van der Waals surface area contributed by atoms with Crippen LogP contribution in [0.3, 0.4) is 0 Å². The molecule has 21 heavy (non-hydrogen) atoms. The van der Waals surface area contributed by atoms with Crippen molar-refractivity contribution < 1.29 is 4.39 Å². The fourth-order valence-corrected chi connectivity index (χ4v) is 2.13. The maximum Gasteiger partial charge on any atom is 0.177 e. The quantitative estimate of drug-likeness (QED) is 0.299. The van der Waals surface area contributed by atoms with Crippen molar-refractivity contribution in [3.8, 4) is 0 Å². The van der Waals surface area contributed by atoms with Gasteiger partial charge in [-0.15, -0.1) is 0 Å². The smallest absolute Gasteiger partial charge is 0.177 e. The Morgan fingerprint density at radius 2 is 1.57 bits per heavy atom. The van der Waals surface area contributed by atoms with Gasteiger partial charge in [-0.3, -0.25) is 0 Å². The van der Waals surface area contributed by atoms with E-state index in [1.54, 1.807) is 0 Å². The second-order valence-corrected chi connectivity index (χ2v) is 5.12. The average Bonchev–Trinajstić information content (AvgIpc) is 2.48. The molecule has 2 aromatic carbocycles. The first kappa shape index (κ1) is 15.6. The van der Waals surface area contributed by atoms with Crippen LogP contribution in [-0.2, 0) is 6.42 Å². The molecule has 0 aromatic heterocycles. The number of benzene rings is 2. The predicted molar refractivity (Wildman–Crippen MR) is 91.0 cm³/mol. The van der Waals surface area contributed by atoms with E-state index in [9.17, 15) is 4.39 Å². The van der Waals surface area contributed by atoms with Crippen molar-refractivity contribution in [2.75, 3.05) is 0 Å². The number of hydrogen-bond donors (Lipinski definition) is 0. The molecule has 0 bridgehead atoms. The first-order chi connectivity index (χ1) is 10.2. The highest BCUT2D eigenvalue weighted by Crippen LogP contribution is 2.16. The van der Waals surface area contributed by atoms with Gasteiger partial charge >= 0.3 is 0 Å². The van der Waals surface area contributed by atoms with Gasteiger partial charge in [0, 0.05) is 6.42 Å². The predicted octanol–water partition coefficient (Wildman–Crippen LogP) is 5.67. The highest BCUT2D eigenvalue weighted by atomic mass is 35.5. The number of isothiocyanates is 1. The third-order valence-corrected chi connectivity index (χ3v) is 3.15. The zero-order valence-electron chi connectivity index (χ0n) is 11.2. The number of thiocarbonyl (C=S) groups is 1. The molecule has 0 aliphatic rings. The molecule has 2 aromatic rings. The summed E-state index contributed by atoms with van der Waals surface area (Å²) in [5.74, 6) is 0. The van der Waals surface area contributed by atoms with Crippen molar-refractivity contribution in [1.29, 1.82) is 0 Å². The van der Waals surface area contributed by atoms with Gasteiger partial charge in [-0.1, -0.05) is 60.2 Å². The number of halogens is 2. The number of rotatable bonds is 5. The van der Waals surface area contributed by atoms with Crippen LogP contribution in [0.2, 0.25) is 0 Å². The van der Waals surface area contributed by atoms with Crippen molar-refractivity contribution >= 4 is 46.8 Å². The summed E-state index contributed by atoms with van der Waals surface area (Å²) in [6.45, 7) is 0. The summed E-state index contributed by atoms with van der Waals surface area (Å²) >= 11 is 9.89. The van der Waals surface area contributed by atoms with Gasteiger partial charge in [-0.25, -0.2) is 4.39 Å². The van der Waals surface area contributed by atoms with Gasteiger partial charge in [0.2, 0.25) is 0 Å². The van der Waals surface area contributed by atoms with Crippen molar-refractivity contribution in [3.05, 3.63) is 65.2 Å². The van der Waals surface area contributed by atoms with Gasteiger partial charge in [0.25, 0.3) is 0 Å². The van der Waals surface area contributed by atoms with E-state index in [1.807, 2.05) is 60.7 Å². The van der Waals surface area contributed by atoms with Gasteiger partial charge < -0.3 is 0 Å². The molecule has 106 valence electrons. The number of nitrogens with zero attached hydrogens (tertiary/aromatic N) is 1. The summed E-state index contributed by atoms with van der Waals surface area (Å²) in [6, 6.07) is 15.3. The molecule has 4 heteroatoms. The maximum absolute atomic E-state index is 12.7. The van der Waals surface area contributed by atoms with Crippen LogP contribution in [-0.4, -0.2) is 10.8 Å². The van der Waals surface area contributed by atoms with E-state index >= 15 is 0 Å². The normalized spacial score (nSPS) is 12.1. The topological polar surface area (TPSA) is 12.4 Å². The summed E-state index contributed by atoms with van der Waals surface area (Å²) < 4.78 is 12.7. The minimum Gasteiger partial charge on any atom is -0.230 e. The fourth-order valence-electron chi connectivity index (χ4n) is 1.85. The lowest BCUT2D eigenvalue weighted by Crippen LogP contribution is -1.94. The first-order valence-corrected chi connectivity index (χ1v) is 7.25. The Morgan fingerprint density at radius 3 is 2.05 bits per heavy atom. The standard InChI is InChI=1S/C17H13ClFNS/c18-17(19)11-15-5-3-13(4-6-15)1-2-14-7-9-16(10-8-14)20-12-21/h1-10,17H,11H2. The molecule has 0 fully saturated rings. The fraction of sp³-hybridized carbons (Fsp3) is 0.118. The Balaban J connectivity index is 2.04. The molecule has 1 unspecified atom stereocenters. The van der Waals surface area contributed by atoms with Gasteiger partial charge in [0.15, 0.2) is 5.63 Å². The maximum atomic E-state index is 12.7. The molecule has 0 amide bonds. The van der Waals surface area contributed by atoms with E-state index in [0.29, 0.717) is 0 Å². The van der Waals surface area contributed by atoms with Crippen LogP contribution in [0.15, 0.2) is 53.5 Å². The monoisotopic (exact) mass is 317 g/mol. The second-order valence-electron chi connectivity index (χ2n) is 4.46. The SMILES string of the molecule is FC(Cl)Cc1ccc(C=Cc2ccc(N=C=S)cc2)cc1. The Kier molecular flexibility index (Phi) is 5.82. The lowest BCUT2D eigenvalue weighted by molar-refractivity contribution is 0.442. The Labute approximate surface area is 133 Å². The van der Waals surface area contributed by atoms with Crippen LogP contribution in [0.25, 0.3) is 12.2 Å². The largest absolute Gasteiger partial charge is 0.230 e. The summed E-state index contributed by atoms with van der Waals surface area (Å²) in [5.41, 5.74) is 2.45. The van der Waals surface area contributed by atoms with Crippen LogP contribution >= 0.6 is 23.8 Å². The number of hydrogen-bond acceptors (Lipinski definition) is 2. The molecule has 0 heterocycles. The Hall–Kier alpha value is -1.80. The summed E-state index contributed by atoms with van der Waals surface area (Å²) in [4.78, 5) is 3.90. The number of aliphatic imine (C=N–C) groups is 1. The van der Waals surface area contributed by atoms with Crippen molar-refractivity contribution in [2.24, 2.45) is 4.99 Å². The van der Waals surface area contributed by atoms with E-state index < -0.39 is 5.63 Å². The third kappa shape index (κ3) is 5.24. The Bertz CT molecular complexity index is 656. The van der Waals surface area contributed by atoms with E-state index in [1.165, 1.54) is 0 Å². The molecule has 0 spiro atoms. The zero-order valence-corrected chi connectivity index (χ0v) is 12.7. The van der Waals surface area contributed by atoms with Gasteiger partial charge in [-0.05, 0) is 41.0 Å². The molecule has 0 radical (unpaired) electrons. The molecule has 0 saturated heterocycles. The minimum absolute atomic E-state index is 0.230. The van der Waals surface area contributed by atoms with E-state index in [4.69, 9.17) is 11.6 Å². The molecule has 0 saturated carbocycles. The number of alkyl halides is 2. The van der Waals surface area contributed by atoms with Gasteiger partial charge in [0.1, 0.15) is 0 Å². The van der Waals surface area contributed by atoms with Crippen LogP contribution in [0.5, 0.6) is 0 Å². The van der Waals surface area contributed by atoms with E-state index in [2.05, 4.69) is 22.4 Å². The molecule has 0 aliphatic carbocycles. The van der Waals surface area contributed by atoms with E-state index in [-0.39, 0.29) is 6.42 Å². The minimum atomic E-state index is -1.33. The van der Waals surface area contributed by atoms with Crippen molar-refractivity contribution in [1.82, 2.24) is 0 Å². The van der Waals surface area contributed by atoms with Gasteiger partial charge in [-0.2, -0.15) is 4.99 Å². The van der Waals surface area contributed by atoms with Crippen LogP contribution < -0.4 is 0 Å². The lowest BCUT2D eigenvalue weighted by atomic mass is 10.1.